The molecular weight excluding hydrogens is 480 g/mol. The van der Waals surface area contributed by atoms with Crippen molar-refractivity contribution in [3.8, 4) is 0 Å². The van der Waals surface area contributed by atoms with Crippen molar-refractivity contribution in [3.63, 3.8) is 0 Å². The van der Waals surface area contributed by atoms with Crippen LogP contribution in [0.2, 0.25) is 0 Å². The molecule has 0 aromatic carbocycles. The van der Waals surface area contributed by atoms with Gasteiger partial charge < -0.3 is 25.4 Å². The van der Waals surface area contributed by atoms with E-state index < -0.39 is 35.6 Å². The van der Waals surface area contributed by atoms with Gasteiger partial charge in [0.15, 0.2) is 0 Å². The fraction of sp³-hybridized carbons (Fsp3) is 0.741. The number of hydrogen-bond donors (Lipinski definition) is 3. The largest absolute Gasteiger partial charge is 0.458 e. The Bertz CT molecular complexity index is 946. The summed E-state index contributed by atoms with van der Waals surface area (Å²) in [7, 11) is 0. The van der Waals surface area contributed by atoms with E-state index in [1.165, 1.54) is 11.3 Å². The zero-order chi connectivity index (χ0) is 26.7. The molecule has 8 nitrogen and oxygen atoms in total. The summed E-state index contributed by atoms with van der Waals surface area (Å²) in [5.74, 6) is -1.50. The lowest BCUT2D eigenvalue weighted by molar-refractivity contribution is -0.154. The third-order valence-electron chi connectivity index (χ3n) is 7.92. The third-order valence-corrected chi connectivity index (χ3v) is 8.81. The number of nitrogens with two attached hydrogens (primary N) is 1. The van der Waals surface area contributed by atoms with Gasteiger partial charge in [-0.2, -0.15) is 0 Å². The van der Waals surface area contributed by atoms with Crippen LogP contribution in [0.4, 0.5) is 0 Å². The van der Waals surface area contributed by atoms with Crippen molar-refractivity contribution in [2.24, 2.45) is 23.0 Å². The van der Waals surface area contributed by atoms with Crippen molar-refractivity contribution in [2.45, 2.75) is 110 Å². The van der Waals surface area contributed by atoms with Crippen LogP contribution in [0.1, 0.15) is 83.8 Å². The van der Waals surface area contributed by atoms with Crippen LogP contribution in [-0.2, 0) is 25.6 Å². The average molecular weight is 523 g/mol. The predicted molar refractivity (Wildman–Crippen MR) is 139 cm³/mol. The Balaban J connectivity index is 1.82. The van der Waals surface area contributed by atoms with Gasteiger partial charge in [-0.25, -0.2) is 4.98 Å². The molecule has 1 aromatic rings. The zero-order valence-electron chi connectivity index (χ0n) is 22.1. The summed E-state index contributed by atoms with van der Waals surface area (Å²) in [4.78, 5) is 30.7. The molecule has 2 aliphatic heterocycles. The SMILES string of the molecule is CCC1C(=O)C(C)(C)C(O)CC(=O)OC(C=Cc2csc(CN)n2)CC2OC2(C)CCCC(C)C1O. The van der Waals surface area contributed by atoms with Crippen LogP contribution < -0.4 is 5.73 Å². The number of aliphatic hydroxyl groups excluding tert-OH is 2. The standard InChI is InChI=1S/C27H42N2O6S/c1-6-19-24(32)16(2)8-7-11-27(5)21(35-27)12-18(10-9-17-15-36-22(14-28)29-17)34-23(31)13-20(30)26(3,4)25(19)33/h9-10,15-16,18-21,24,30,32H,6-8,11-14,28H2,1-5H3. The second-order valence-corrected chi connectivity index (χ2v) is 12.0. The van der Waals surface area contributed by atoms with E-state index in [0.717, 1.165) is 30.0 Å². The first-order valence-electron chi connectivity index (χ1n) is 13.0. The van der Waals surface area contributed by atoms with Gasteiger partial charge in [0, 0.05) is 24.3 Å². The molecule has 3 rings (SSSR count). The second kappa shape index (κ2) is 11.8. The average Bonchev–Trinajstić information content (AvgIpc) is 3.23. The number of thiazole rings is 1. The number of hydrogen-bond acceptors (Lipinski definition) is 9. The smallest absolute Gasteiger partial charge is 0.309 e. The van der Waals surface area contributed by atoms with Crippen LogP contribution in [0.3, 0.4) is 0 Å². The lowest BCUT2D eigenvalue weighted by Crippen LogP contribution is -2.46. The maximum atomic E-state index is 13.4. The minimum absolute atomic E-state index is 0.0607. The van der Waals surface area contributed by atoms with E-state index in [0.29, 0.717) is 19.4 Å². The first-order chi connectivity index (χ1) is 16.9. The van der Waals surface area contributed by atoms with E-state index in [4.69, 9.17) is 15.2 Å². The first-order valence-corrected chi connectivity index (χ1v) is 13.9. The number of rotatable bonds is 4. The number of Topliss-reactive ketones (excluding diaryl/α,β-unsaturated/α-hetero) is 1. The molecule has 3 heterocycles. The Hall–Kier alpha value is -1.65. The zero-order valence-corrected chi connectivity index (χ0v) is 22.9. The molecular formula is C27H42N2O6S. The van der Waals surface area contributed by atoms with Crippen molar-refractivity contribution >= 4 is 29.2 Å². The molecule has 202 valence electrons. The van der Waals surface area contributed by atoms with Gasteiger partial charge in [0.1, 0.15) is 16.9 Å². The van der Waals surface area contributed by atoms with Crippen molar-refractivity contribution in [1.82, 2.24) is 4.98 Å². The summed E-state index contributed by atoms with van der Waals surface area (Å²) in [5.41, 5.74) is 4.88. The number of ether oxygens (including phenoxy) is 2. The van der Waals surface area contributed by atoms with Crippen LogP contribution in [0, 0.1) is 17.3 Å². The van der Waals surface area contributed by atoms with Gasteiger partial charge in [0.25, 0.3) is 0 Å². The highest BCUT2D eigenvalue weighted by Crippen LogP contribution is 2.44. The molecule has 2 saturated heterocycles. The third kappa shape index (κ3) is 6.81. The summed E-state index contributed by atoms with van der Waals surface area (Å²) in [5, 5.41) is 24.6. The Labute approximate surface area is 218 Å². The molecule has 0 aliphatic carbocycles. The molecule has 0 spiro atoms. The highest BCUT2D eigenvalue weighted by atomic mass is 32.1. The van der Waals surface area contributed by atoms with E-state index >= 15 is 0 Å². The van der Waals surface area contributed by atoms with Gasteiger partial charge in [0.2, 0.25) is 0 Å². The van der Waals surface area contributed by atoms with Crippen LogP contribution in [0.25, 0.3) is 6.08 Å². The molecule has 36 heavy (non-hydrogen) atoms. The predicted octanol–water partition coefficient (Wildman–Crippen LogP) is 3.63. The normalized spacial score (nSPS) is 36.4. The van der Waals surface area contributed by atoms with Crippen LogP contribution in [0.15, 0.2) is 11.5 Å². The lowest BCUT2D eigenvalue weighted by Gasteiger charge is -2.35. The van der Waals surface area contributed by atoms with Crippen molar-refractivity contribution < 1.29 is 29.3 Å². The number of ketones is 1. The number of fused-ring (bicyclic) bond motifs is 1. The molecule has 4 N–H and O–H groups in total. The summed E-state index contributed by atoms with van der Waals surface area (Å²) in [6.45, 7) is 9.53. The van der Waals surface area contributed by atoms with Crippen molar-refractivity contribution in [3.05, 3.63) is 22.2 Å². The molecule has 0 amide bonds. The minimum atomic E-state index is -1.24. The second-order valence-electron chi connectivity index (χ2n) is 11.1. The Morgan fingerprint density at radius 3 is 2.64 bits per heavy atom. The summed E-state index contributed by atoms with van der Waals surface area (Å²) < 4.78 is 11.8. The van der Waals surface area contributed by atoms with Gasteiger partial charge in [-0.15, -0.1) is 11.3 Å². The van der Waals surface area contributed by atoms with Gasteiger partial charge >= 0.3 is 5.97 Å². The Morgan fingerprint density at radius 1 is 1.28 bits per heavy atom. The highest BCUT2D eigenvalue weighted by molar-refractivity contribution is 7.09. The van der Waals surface area contributed by atoms with Crippen molar-refractivity contribution in [2.75, 3.05) is 0 Å². The highest BCUT2D eigenvalue weighted by Gasteiger charge is 2.52. The molecule has 0 bridgehead atoms. The molecule has 2 aliphatic rings. The van der Waals surface area contributed by atoms with Gasteiger partial charge in [-0.05, 0) is 44.3 Å². The first kappa shape index (κ1) is 28.9. The number of epoxide rings is 1. The Morgan fingerprint density at radius 2 is 2.00 bits per heavy atom. The quantitative estimate of drug-likeness (QED) is 0.403. The van der Waals surface area contributed by atoms with E-state index in [-0.39, 0.29) is 29.8 Å². The van der Waals surface area contributed by atoms with E-state index in [1.54, 1.807) is 19.9 Å². The molecule has 7 unspecified atom stereocenters. The van der Waals surface area contributed by atoms with Gasteiger partial charge in [-0.1, -0.05) is 34.1 Å². The maximum Gasteiger partial charge on any atom is 0.309 e. The topological polar surface area (TPSA) is 135 Å². The fourth-order valence-corrected chi connectivity index (χ4v) is 5.73. The van der Waals surface area contributed by atoms with Crippen LogP contribution in [-0.4, -0.2) is 57.0 Å². The number of nitrogens with zero attached hydrogens (tertiary/aromatic N) is 1. The minimum Gasteiger partial charge on any atom is -0.458 e. The van der Waals surface area contributed by atoms with Crippen LogP contribution >= 0.6 is 11.3 Å². The number of esters is 1. The molecule has 2 fully saturated rings. The number of carbonyl (C=O) groups is 2. The van der Waals surface area contributed by atoms with Crippen LogP contribution in [0.5, 0.6) is 0 Å². The number of carbonyl (C=O) groups excluding carboxylic acids is 2. The van der Waals surface area contributed by atoms with Gasteiger partial charge in [-0.3, -0.25) is 9.59 Å². The number of aromatic nitrogens is 1. The summed E-state index contributed by atoms with van der Waals surface area (Å²) >= 11 is 1.47. The fourth-order valence-electron chi connectivity index (χ4n) is 5.08. The van der Waals surface area contributed by atoms with Crippen molar-refractivity contribution in [1.29, 1.82) is 0 Å². The number of cyclic esters (lactones) is 1. The Kier molecular flexibility index (Phi) is 9.49. The maximum absolute atomic E-state index is 13.4. The molecule has 7 atom stereocenters. The monoisotopic (exact) mass is 522 g/mol. The molecule has 9 heteroatoms. The molecule has 0 radical (unpaired) electrons. The van der Waals surface area contributed by atoms with E-state index in [1.807, 2.05) is 25.3 Å². The molecule has 0 saturated carbocycles. The summed E-state index contributed by atoms with van der Waals surface area (Å²) in [6.07, 6.45) is 4.01. The van der Waals surface area contributed by atoms with E-state index in [2.05, 4.69) is 11.9 Å². The molecule has 1 aromatic heterocycles. The van der Waals surface area contributed by atoms with Gasteiger partial charge in [0.05, 0.1) is 41.4 Å². The number of aliphatic hydroxyl groups is 2. The lowest BCUT2D eigenvalue weighted by atomic mass is 9.71. The summed E-state index contributed by atoms with van der Waals surface area (Å²) in [6, 6.07) is 0. The van der Waals surface area contributed by atoms with E-state index in [9.17, 15) is 19.8 Å².